The van der Waals surface area contributed by atoms with E-state index >= 15 is 0 Å². The van der Waals surface area contributed by atoms with E-state index in [0.717, 1.165) is 42.1 Å². The summed E-state index contributed by atoms with van der Waals surface area (Å²) in [5.74, 6) is -0.439. The Morgan fingerprint density at radius 2 is 1.82 bits per heavy atom. The van der Waals surface area contributed by atoms with Crippen LogP contribution in [0, 0.1) is 0 Å². The first-order valence-corrected chi connectivity index (χ1v) is 9.00. The molecule has 0 radical (unpaired) electrons. The van der Waals surface area contributed by atoms with Gasteiger partial charge in [-0.3, -0.25) is 4.79 Å². The Morgan fingerprint density at radius 1 is 1.14 bits per heavy atom. The maximum absolute atomic E-state index is 13.0. The van der Waals surface area contributed by atoms with Crippen LogP contribution >= 0.6 is 11.8 Å². The zero-order valence-electron chi connectivity index (χ0n) is 14.8. The Morgan fingerprint density at radius 3 is 2.29 bits per heavy atom. The fourth-order valence-electron chi connectivity index (χ4n) is 2.45. The average molecular weight is 425 g/mol. The standard InChI is InChI=1S/C17H17F6N3OS/c1-3-28-15(7-6-11(9-25-15)17(21,22)23)14(27)26-13-8-10(16(18,19)20)4-5-12(13)24-2/h4-9,24-25H,3H2,1-2H3,(H,26,27). The van der Waals surface area contributed by atoms with E-state index in [9.17, 15) is 31.1 Å². The molecule has 0 spiro atoms. The third-order valence-corrected chi connectivity index (χ3v) is 5.02. The van der Waals surface area contributed by atoms with Crippen LogP contribution in [0.2, 0.25) is 0 Å². The highest BCUT2D eigenvalue weighted by atomic mass is 32.2. The van der Waals surface area contributed by atoms with E-state index in [0.29, 0.717) is 12.0 Å². The second kappa shape index (κ2) is 7.98. The van der Waals surface area contributed by atoms with Crippen LogP contribution in [-0.4, -0.2) is 29.8 Å². The minimum absolute atomic E-state index is 0.140. The predicted molar refractivity (Wildman–Crippen MR) is 96.9 cm³/mol. The van der Waals surface area contributed by atoms with Gasteiger partial charge in [0.1, 0.15) is 0 Å². The van der Waals surface area contributed by atoms with Crippen LogP contribution in [0.1, 0.15) is 12.5 Å². The summed E-state index contributed by atoms with van der Waals surface area (Å²) in [6, 6.07) is 2.77. The molecule has 1 unspecified atom stereocenters. The summed E-state index contributed by atoms with van der Waals surface area (Å²) in [5.41, 5.74) is -1.85. The van der Waals surface area contributed by atoms with E-state index in [4.69, 9.17) is 0 Å². The van der Waals surface area contributed by atoms with Crippen molar-refractivity contribution >= 4 is 29.0 Å². The summed E-state index contributed by atoms with van der Waals surface area (Å²) in [7, 11) is 1.46. The lowest BCUT2D eigenvalue weighted by molar-refractivity contribution is -0.137. The van der Waals surface area contributed by atoms with Crippen LogP contribution < -0.4 is 16.0 Å². The van der Waals surface area contributed by atoms with Crippen molar-refractivity contribution < 1.29 is 31.1 Å². The van der Waals surface area contributed by atoms with Gasteiger partial charge in [-0.15, -0.1) is 11.8 Å². The summed E-state index contributed by atoms with van der Waals surface area (Å²) in [5, 5.41) is 7.47. The molecular weight excluding hydrogens is 408 g/mol. The second-order valence-corrected chi connectivity index (χ2v) is 7.22. The van der Waals surface area contributed by atoms with Gasteiger partial charge in [-0.05, 0) is 36.1 Å². The monoisotopic (exact) mass is 425 g/mol. The molecule has 4 nitrogen and oxygen atoms in total. The molecule has 0 aromatic heterocycles. The topological polar surface area (TPSA) is 53.2 Å². The van der Waals surface area contributed by atoms with E-state index in [1.54, 1.807) is 6.92 Å². The van der Waals surface area contributed by atoms with Crippen molar-refractivity contribution in [1.29, 1.82) is 0 Å². The Balaban J connectivity index is 2.34. The van der Waals surface area contributed by atoms with E-state index in [2.05, 4.69) is 16.0 Å². The number of benzene rings is 1. The highest BCUT2D eigenvalue weighted by molar-refractivity contribution is 8.01. The summed E-state index contributed by atoms with van der Waals surface area (Å²) >= 11 is 0.998. The summed E-state index contributed by atoms with van der Waals surface area (Å²) in [6.45, 7) is 1.70. The normalized spacial score (nSPS) is 19.6. The number of carbonyl (C=O) groups is 1. The maximum Gasteiger partial charge on any atom is 0.417 e. The summed E-state index contributed by atoms with van der Waals surface area (Å²) in [6.07, 6.45) is -6.72. The van der Waals surface area contributed by atoms with Gasteiger partial charge in [-0.2, -0.15) is 26.3 Å². The van der Waals surface area contributed by atoms with Crippen LogP contribution in [0.3, 0.4) is 0 Å². The van der Waals surface area contributed by atoms with Gasteiger partial charge in [-0.1, -0.05) is 6.92 Å². The number of halogens is 6. The number of anilines is 2. The molecule has 11 heteroatoms. The molecule has 1 aliphatic heterocycles. The smallest absolute Gasteiger partial charge is 0.386 e. The molecule has 1 atom stereocenters. The van der Waals surface area contributed by atoms with Gasteiger partial charge in [0, 0.05) is 13.2 Å². The summed E-state index contributed by atoms with van der Waals surface area (Å²) in [4.78, 5) is 11.2. The molecule has 154 valence electrons. The van der Waals surface area contributed by atoms with Crippen molar-refractivity contribution in [2.75, 3.05) is 23.4 Å². The number of thioether (sulfide) groups is 1. The molecule has 1 aliphatic rings. The summed E-state index contributed by atoms with van der Waals surface area (Å²) < 4.78 is 77.3. The minimum Gasteiger partial charge on any atom is -0.386 e. The first kappa shape index (κ1) is 22.0. The van der Waals surface area contributed by atoms with Crippen LogP contribution in [0.15, 0.2) is 42.1 Å². The lowest BCUT2D eigenvalue weighted by Crippen LogP contribution is -2.50. The number of alkyl halides is 6. The predicted octanol–water partition coefficient (Wildman–Crippen LogP) is 4.74. The Kier molecular flexibility index (Phi) is 6.27. The molecule has 2 rings (SSSR count). The molecule has 1 heterocycles. The van der Waals surface area contributed by atoms with Crippen LogP contribution in [0.4, 0.5) is 37.7 Å². The first-order valence-electron chi connectivity index (χ1n) is 8.01. The van der Waals surface area contributed by atoms with Gasteiger partial charge in [0.05, 0.1) is 22.5 Å². The van der Waals surface area contributed by atoms with Crippen molar-refractivity contribution in [2.24, 2.45) is 0 Å². The number of rotatable bonds is 5. The number of nitrogens with one attached hydrogen (secondary N) is 3. The molecule has 0 fully saturated rings. The van der Waals surface area contributed by atoms with Gasteiger partial charge in [0.2, 0.25) is 0 Å². The lowest BCUT2D eigenvalue weighted by Gasteiger charge is -2.32. The number of allylic oxidation sites excluding steroid dienone is 2. The first-order chi connectivity index (χ1) is 12.9. The SMILES string of the molecule is CCSC1(C(=O)Nc2cc(C(F)(F)F)ccc2NC)C=CC(C(F)(F)F)=CN1. The second-order valence-electron chi connectivity index (χ2n) is 5.71. The number of hydrogen-bond acceptors (Lipinski definition) is 4. The largest absolute Gasteiger partial charge is 0.417 e. The Labute approximate surface area is 161 Å². The zero-order chi connectivity index (χ0) is 21.2. The van der Waals surface area contributed by atoms with Crippen LogP contribution in [0.5, 0.6) is 0 Å². The molecule has 0 aliphatic carbocycles. The van der Waals surface area contributed by atoms with E-state index in [1.807, 2.05) is 0 Å². The van der Waals surface area contributed by atoms with Crippen LogP contribution in [0.25, 0.3) is 0 Å². The lowest BCUT2D eigenvalue weighted by atomic mass is 10.1. The fourth-order valence-corrected chi connectivity index (χ4v) is 3.39. The average Bonchev–Trinajstić information content (AvgIpc) is 2.60. The van der Waals surface area contributed by atoms with Crippen molar-refractivity contribution in [3.05, 3.63) is 47.7 Å². The highest BCUT2D eigenvalue weighted by Gasteiger charge is 2.41. The van der Waals surface area contributed by atoms with E-state index in [1.165, 1.54) is 7.05 Å². The Hall–Kier alpha value is -2.30. The van der Waals surface area contributed by atoms with Crippen molar-refractivity contribution in [2.45, 2.75) is 24.1 Å². The van der Waals surface area contributed by atoms with Crippen molar-refractivity contribution in [1.82, 2.24) is 5.32 Å². The number of dihydropyridines is 1. The zero-order valence-corrected chi connectivity index (χ0v) is 15.6. The van der Waals surface area contributed by atoms with Gasteiger partial charge < -0.3 is 16.0 Å². The quantitative estimate of drug-likeness (QED) is 0.597. The molecule has 1 amide bonds. The number of hydrogen-bond donors (Lipinski definition) is 3. The minimum atomic E-state index is -4.62. The molecule has 28 heavy (non-hydrogen) atoms. The molecule has 3 N–H and O–H groups in total. The van der Waals surface area contributed by atoms with Gasteiger partial charge in [0.15, 0.2) is 4.87 Å². The van der Waals surface area contributed by atoms with E-state index < -0.39 is 34.3 Å². The van der Waals surface area contributed by atoms with Crippen molar-refractivity contribution in [3.8, 4) is 0 Å². The molecule has 0 bridgehead atoms. The third kappa shape index (κ3) is 4.75. The molecule has 0 saturated heterocycles. The van der Waals surface area contributed by atoms with Crippen molar-refractivity contribution in [3.63, 3.8) is 0 Å². The molecular formula is C17H17F6N3OS. The third-order valence-electron chi connectivity index (χ3n) is 3.84. The highest BCUT2D eigenvalue weighted by Crippen LogP contribution is 2.37. The Bertz CT molecular complexity index is 803. The van der Waals surface area contributed by atoms with Crippen LogP contribution in [-0.2, 0) is 11.0 Å². The van der Waals surface area contributed by atoms with Gasteiger partial charge >= 0.3 is 12.4 Å². The number of amides is 1. The number of carbonyl (C=O) groups excluding carboxylic acids is 1. The molecule has 0 saturated carbocycles. The van der Waals surface area contributed by atoms with Gasteiger partial charge in [0.25, 0.3) is 5.91 Å². The van der Waals surface area contributed by atoms with E-state index in [-0.39, 0.29) is 11.4 Å². The molecule has 1 aromatic carbocycles. The molecule has 1 aromatic rings. The van der Waals surface area contributed by atoms with Gasteiger partial charge in [-0.25, -0.2) is 0 Å². The maximum atomic E-state index is 13.0. The fraction of sp³-hybridized carbons (Fsp3) is 0.353.